The molecule has 0 bridgehead atoms. The minimum absolute atomic E-state index is 0.175. The number of fused-ring (bicyclic) bond motifs is 2. The van der Waals surface area contributed by atoms with Crippen molar-refractivity contribution in [3.63, 3.8) is 0 Å². The van der Waals surface area contributed by atoms with Gasteiger partial charge >= 0.3 is 5.97 Å². The van der Waals surface area contributed by atoms with Crippen LogP contribution < -0.4 is 10.2 Å². The average Bonchev–Trinajstić information content (AvgIpc) is 3.18. The van der Waals surface area contributed by atoms with E-state index in [1.807, 2.05) is 30.3 Å². The first-order chi connectivity index (χ1) is 14.2. The average molecular weight is 399 g/mol. The first-order valence-electron chi connectivity index (χ1n) is 8.88. The second kappa shape index (κ2) is 7.00. The monoisotopic (exact) mass is 399 g/mol. The van der Waals surface area contributed by atoms with Gasteiger partial charge in [0.1, 0.15) is 22.6 Å². The summed E-state index contributed by atoms with van der Waals surface area (Å²) in [6.07, 6.45) is 1.41. The van der Waals surface area contributed by atoms with Gasteiger partial charge in [0.15, 0.2) is 0 Å². The van der Waals surface area contributed by atoms with Gasteiger partial charge in [-0.15, -0.1) is 11.3 Å². The van der Waals surface area contributed by atoms with Crippen molar-refractivity contribution >= 4 is 38.5 Å². The highest BCUT2D eigenvalue weighted by Gasteiger charge is 2.15. The van der Waals surface area contributed by atoms with Gasteiger partial charge in [-0.3, -0.25) is 4.79 Å². The topological polar surface area (TPSA) is 69.4 Å². The highest BCUT2D eigenvalue weighted by Crippen LogP contribution is 2.30. The Hall–Kier alpha value is -3.77. The molecule has 2 aromatic heterocycles. The van der Waals surface area contributed by atoms with Crippen LogP contribution >= 0.6 is 11.3 Å². The number of para-hydroxylation sites is 1. The third kappa shape index (κ3) is 3.19. The molecule has 0 amide bonds. The number of carbonyl (C=O) groups excluding carboxylic acids is 1. The molecule has 0 N–H and O–H groups in total. The van der Waals surface area contributed by atoms with Crippen LogP contribution in [-0.4, -0.2) is 11.0 Å². The molecule has 0 saturated carbocycles. The van der Waals surface area contributed by atoms with Crippen LogP contribution in [0.15, 0.2) is 88.3 Å². The van der Waals surface area contributed by atoms with E-state index in [1.165, 1.54) is 17.6 Å². The molecule has 3 aromatic carbocycles. The lowest BCUT2D eigenvalue weighted by molar-refractivity contribution is 0.0735. The number of nitrogens with zero attached hydrogens (tertiary/aromatic N) is 1. The van der Waals surface area contributed by atoms with E-state index in [-0.39, 0.29) is 5.43 Å². The molecule has 5 nitrogen and oxygen atoms in total. The van der Waals surface area contributed by atoms with Gasteiger partial charge in [0.05, 0.1) is 26.7 Å². The minimum atomic E-state index is -0.474. The van der Waals surface area contributed by atoms with Crippen LogP contribution in [0.4, 0.5) is 0 Å². The van der Waals surface area contributed by atoms with Crippen molar-refractivity contribution in [1.82, 2.24) is 4.98 Å². The molecule has 0 aliphatic heterocycles. The fraction of sp³-hybridized carbons (Fsp3) is 0. The highest BCUT2D eigenvalue weighted by molar-refractivity contribution is 7.21. The summed E-state index contributed by atoms with van der Waals surface area (Å²) in [7, 11) is 0. The predicted molar refractivity (Wildman–Crippen MR) is 112 cm³/mol. The Morgan fingerprint density at radius 3 is 2.59 bits per heavy atom. The van der Waals surface area contributed by atoms with Crippen LogP contribution in [0, 0.1) is 0 Å². The molecule has 0 unspecified atom stereocenters. The van der Waals surface area contributed by atoms with E-state index >= 15 is 0 Å². The summed E-state index contributed by atoms with van der Waals surface area (Å²) >= 11 is 1.44. The maximum absolute atomic E-state index is 13.0. The normalized spacial score (nSPS) is 11.0. The molecule has 0 spiro atoms. The van der Waals surface area contributed by atoms with Gasteiger partial charge in [0.25, 0.3) is 0 Å². The number of esters is 1. The Balaban J connectivity index is 1.51. The number of hydrogen-bond acceptors (Lipinski definition) is 6. The lowest BCUT2D eigenvalue weighted by atomic mass is 10.1. The third-order valence-corrected chi connectivity index (χ3v) is 5.56. The molecule has 6 heteroatoms. The molecule has 2 heterocycles. The first kappa shape index (κ1) is 17.3. The molecule has 29 heavy (non-hydrogen) atoms. The van der Waals surface area contributed by atoms with E-state index < -0.39 is 5.97 Å². The van der Waals surface area contributed by atoms with Crippen molar-refractivity contribution in [3.8, 4) is 16.3 Å². The van der Waals surface area contributed by atoms with Crippen molar-refractivity contribution in [2.75, 3.05) is 0 Å². The second-order valence-corrected chi connectivity index (χ2v) is 7.41. The largest absolute Gasteiger partial charge is 0.463 e. The SMILES string of the molecule is O=C(Oc1ccc2c(=O)c(-c3nc4ccccc4s3)coc2c1)c1ccccc1. The van der Waals surface area contributed by atoms with E-state index in [2.05, 4.69) is 4.98 Å². The molecule has 0 fully saturated rings. The van der Waals surface area contributed by atoms with Crippen LogP contribution in [0.25, 0.3) is 31.8 Å². The number of ether oxygens (including phenoxy) is 1. The zero-order valence-corrected chi connectivity index (χ0v) is 15.8. The summed E-state index contributed by atoms with van der Waals surface area (Å²) in [5.74, 6) is -0.166. The molecule has 5 aromatic rings. The van der Waals surface area contributed by atoms with Crippen LogP contribution in [0.2, 0.25) is 0 Å². The maximum atomic E-state index is 13.0. The van der Waals surface area contributed by atoms with Gasteiger partial charge in [-0.25, -0.2) is 9.78 Å². The van der Waals surface area contributed by atoms with E-state index in [0.717, 1.165) is 10.2 Å². The van der Waals surface area contributed by atoms with E-state index in [9.17, 15) is 9.59 Å². The number of carbonyl (C=O) groups is 1. The Kier molecular flexibility index (Phi) is 4.18. The van der Waals surface area contributed by atoms with Gasteiger partial charge in [-0.1, -0.05) is 30.3 Å². The Bertz CT molecular complexity index is 1390. The molecule has 0 radical (unpaired) electrons. The fourth-order valence-electron chi connectivity index (χ4n) is 3.05. The van der Waals surface area contributed by atoms with E-state index in [4.69, 9.17) is 9.15 Å². The van der Waals surface area contributed by atoms with Crippen LogP contribution in [0.5, 0.6) is 5.75 Å². The molecular weight excluding hydrogens is 386 g/mol. The van der Waals surface area contributed by atoms with Gasteiger partial charge in [0.2, 0.25) is 5.43 Å². The molecule has 0 aliphatic rings. The standard InChI is InChI=1S/C23H13NO4S/c25-21-16-11-10-15(28-23(26)14-6-2-1-3-7-14)12-19(16)27-13-17(21)22-24-18-8-4-5-9-20(18)29-22/h1-13H. The van der Waals surface area contributed by atoms with Crippen molar-refractivity contribution in [2.24, 2.45) is 0 Å². The molecular formula is C23H13NO4S. The smallest absolute Gasteiger partial charge is 0.343 e. The Morgan fingerprint density at radius 2 is 1.76 bits per heavy atom. The number of hydrogen-bond donors (Lipinski definition) is 0. The first-order valence-corrected chi connectivity index (χ1v) is 9.69. The van der Waals surface area contributed by atoms with Crippen LogP contribution in [0.1, 0.15) is 10.4 Å². The minimum Gasteiger partial charge on any atom is -0.463 e. The Morgan fingerprint density at radius 1 is 0.966 bits per heavy atom. The second-order valence-electron chi connectivity index (χ2n) is 6.38. The van der Waals surface area contributed by atoms with Crippen molar-refractivity contribution in [3.05, 3.63) is 94.8 Å². The predicted octanol–water partition coefficient (Wildman–Crippen LogP) is 5.29. The van der Waals surface area contributed by atoms with Crippen molar-refractivity contribution in [1.29, 1.82) is 0 Å². The van der Waals surface area contributed by atoms with Gasteiger partial charge in [0, 0.05) is 6.07 Å². The fourth-order valence-corrected chi connectivity index (χ4v) is 4.02. The lowest BCUT2D eigenvalue weighted by Crippen LogP contribution is -2.09. The van der Waals surface area contributed by atoms with Gasteiger partial charge in [-0.05, 0) is 36.4 Å². The van der Waals surface area contributed by atoms with Crippen molar-refractivity contribution < 1.29 is 13.9 Å². The molecule has 0 saturated heterocycles. The summed E-state index contributed by atoms with van der Waals surface area (Å²) in [5.41, 5.74) is 1.87. The third-order valence-electron chi connectivity index (χ3n) is 4.49. The van der Waals surface area contributed by atoms with E-state index in [0.29, 0.717) is 32.9 Å². The summed E-state index contributed by atoms with van der Waals surface area (Å²) in [4.78, 5) is 29.7. The van der Waals surface area contributed by atoms with Crippen LogP contribution in [0.3, 0.4) is 0 Å². The zero-order valence-electron chi connectivity index (χ0n) is 15.0. The quantitative estimate of drug-likeness (QED) is 0.305. The number of aromatic nitrogens is 1. The molecule has 5 rings (SSSR count). The highest BCUT2D eigenvalue weighted by atomic mass is 32.1. The van der Waals surface area contributed by atoms with Crippen LogP contribution in [-0.2, 0) is 0 Å². The zero-order chi connectivity index (χ0) is 19.8. The summed E-state index contributed by atoms with van der Waals surface area (Å²) in [6.45, 7) is 0. The molecule has 140 valence electrons. The van der Waals surface area contributed by atoms with Gasteiger partial charge < -0.3 is 9.15 Å². The number of rotatable bonds is 3. The summed E-state index contributed by atoms with van der Waals surface area (Å²) in [5, 5.41) is 1.02. The lowest BCUT2D eigenvalue weighted by Gasteiger charge is -2.05. The van der Waals surface area contributed by atoms with Gasteiger partial charge in [-0.2, -0.15) is 0 Å². The van der Waals surface area contributed by atoms with E-state index in [1.54, 1.807) is 42.5 Å². The van der Waals surface area contributed by atoms with Crippen molar-refractivity contribution in [2.45, 2.75) is 0 Å². The Labute approximate surface area is 168 Å². The molecule has 0 aliphatic carbocycles. The summed E-state index contributed by atoms with van der Waals surface area (Å²) < 4.78 is 12.1. The number of thiazole rings is 1. The maximum Gasteiger partial charge on any atom is 0.343 e. The number of benzene rings is 3. The molecule has 0 atom stereocenters. The summed E-state index contributed by atoms with van der Waals surface area (Å²) in [6, 6.07) is 21.1.